The third-order valence-corrected chi connectivity index (χ3v) is 4.27. The molecule has 1 aliphatic rings. The number of methoxy groups -OCH3 is 2. The van der Waals surface area contributed by atoms with Gasteiger partial charge in [-0.2, -0.15) is 4.98 Å². The van der Waals surface area contributed by atoms with E-state index in [1.54, 1.807) is 27.3 Å². The number of carbonyl (C=O) groups excluding carboxylic acids is 1. The lowest BCUT2D eigenvalue weighted by Gasteiger charge is -2.32. The number of aryl methyl sites for hydroxylation is 1. The highest BCUT2D eigenvalue weighted by Gasteiger charge is 2.47. The Kier molecular flexibility index (Phi) is 5.58. The molecule has 1 amide bonds. The van der Waals surface area contributed by atoms with Gasteiger partial charge in [0.25, 0.3) is 0 Å². The Morgan fingerprint density at radius 2 is 2.17 bits per heavy atom. The fraction of sp³-hybridized carbons (Fsp3) is 0.667. The van der Waals surface area contributed by atoms with Gasteiger partial charge in [-0.05, 0) is 13.8 Å². The molecule has 0 radical (unpaired) electrons. The molecular formula is C15H24N4O5. The second-order valence-corrected chi connectivity index (χ2v) is 5.86. The summed E-state index contributed by atoms with van der Waals surface area (Å²) in [6.45, 7) is 3.51. The van der Waals surface area contributed by atoms with E-state index in [1.807, 2.05) is 6.92 Å². The van der Waals surface area contributed by atoms with E-state index in [4.69, 9.17) is 19.9 Å². The summed E-state index contributed by atoms with van der Waals surface area (Å²) in [6, 6.07) is -0.504. The van der Waals surface area contributed by atoms with Crippen LogP contribution >= 0.6 is 0 Å². The summed E-state index contributed by atoms with van der Waals surface area (Å²) in [4.78, 5) is 29.8. The summed E-state index contributed by atoms with van der Waals surface area (Å²) in [5, 5.41) is 0. The van der Waals surface area contributed by atoms with Crippen molar-refractivity contribution in [3.05, 3.63) is 22.2 Å². The van der Waals surface area contributed by atoms with E-state index < -0.39 is 24.1 Å². The maximum absolute atomic E-state index is 12.3. The third-order valence-electron chi connectivity index (χ3n) is 4.27. The molecule has 0 spiro atoms. The normalized spacial score (nSPS) is 26.5. The molecular weight excluding hydrogens is 316 g/mol. The van der Waals surface area contributed by atoms with E-state index >= 15 is 0 Å². The highest BCUT2D eigenvalue weighted by Crippen LogP contribution is 2.33. The Balaban J connectivity index is 2.45. The number of aromatic nitrogens is 2. The molecule has 2 rings (SSSR count). The fourth-order valence-electron chi connectivity index (χ4n) is 2.94. The Morgan fingerprint density at radius 3 is 2.75 bits per heavy atom. The molecule has 2 N–H and O–H groups in total. The van der Waals surface area contributed by atoms with Crippen molar-refractivity contribution in [2.24, 2.45) is 0 Å². The van der Waals surface area contributed by atoms with Crippen LogP contribution < -0.4 is 11.4 Å². The molecule has 0 saturated carbocycles. The van der Waals surface area contributed by atoms with Gasteiger partial charge < -0.3 is 24.8 Å². The van der Waals surface area contributed by atoms with Crippen LogP contribution in [-0.2, 0) is 19.0 Å². The highest BCUT2D eigenvalue weighted by atomic mass is 16.6. The molecule has 1 fully saturated rings. The summed E-state index contributed by atoms with van der Waals surface area (Å²) in [5.74, 6) is -0.0635. The van der Waals surface area contributed by atoms with Crippen LogP contribution in [0.2, 0.25) is 0 Å². The van der Waals surface area contributed by atoms with Gasteiger partial charge in [0.2, 0.25) is 5.91 Å². The minimum atomic E-state index is -0.727. The van der Waals surface area contributed by atoms with Crippen LogP contribution in [0.1, 0.15) is 18.7 Å². The molecule has 9 heteroatoms. The van der Waals surface area contributed by atoms with Crippen molar-refractivity contribution >= 4 is 11.7 Å². The van der Waals surface area contributed by atoms with E-state index in [0.717, 1.165) is 0 Å². The van der Waals surface area contributed by atoms with Gasteiger partial charge >= 0.3 is 5.69 Å². The lowest BCUT2D eigenvalue weighted by Crippen LogP contribution is -2.50. The summed E-state index contributed by atoms with van der Waals surface area (Å²) in [5.41, 5.74) is 5.79. The van der Waals surface area contributed by atoms with Gasteiger partial charge in [0.15, 0.2) is 6.23 Å². The third kappa shape index (κ3) is 3.28. The molecule has 9 nitrogen and oxygen atoms in total. The van der Waals surface area contributed by atoms with Crippen LogP contribution in [0.5, 0.6) is 0 Å². The van der Waals surface area contributed by atoms with Gasteiger partial charge in [0.1, 0.15) is 24.6 Å². The molecule has 2 heterocycles. The summed E-state index contributed by atoms with van der Waals surface area (Å²) in [6.07, 6.45) is 0.148. The monoisotopic (exact) mass is 340 g/mol. The van der Waals surface area contributed by atoms with Crippen molar-refractivity contribution in [3.8, 4) is 0 Å². The number of rotatable bonds is 5. The Bertz CT molecular complexity index is 662. The van der Waals surface area contributed by atoms with Crippen molar-refractivity contribution in [2.75, 3.05) is 33.6 Å². The number of ether oxygens (including phenoxy) is 3. The Labute approximate surface area is 140 Å². The van der Waals surface area contributed by atoms with Crippen molar-refractivity contribution in [1.29, 1.82) is 0 Å². The first-order valence-corrected chi connectivity index (χ1v) is 7.60. The van der Waals surface area contributed by atoms with Crippen LogP contribution in [0.25, 0.3) is 0 Å². The SMILES string of the molecule is COCC(=O)N(C)C1C(OC)C(C)OC1n1cc(C)c(N)nc1=O. The highest BCUT2D eigenvalue weighted by molar-refractivity contribution is 5.77. The number of amides is 1. The van der Waals surface area contributed by atoms with Crippen molar-refractivity contribution < 1.29 is 19.0 Å². The number of hydrogen-bond donors (Lipinski definition) is 1. The minimum Gasteiger partial charge on any atom is -0.383 e. The van der Waals surface area contributed by atoms with Crippen molar-refractivity contribution in [2.45, 2.75) is 38.3 Å². The first-order valence-electron chi connectivity index (χ1n) is 7.60. The largest absolute Gasteiger partial charge is 0.383 e. The van der Waals surface area contributed by atoms with Gasteiger partial charge in [-0.1, -0.05) is 0 Å². The lowest BCUT2D eigenvalue weighted by molar-refractivity contribution is -0.140. The molecule has 24 heavy (non-hydrogen) atoms. The zero-order valence-electron chi connectivity index (χ0n) is 14.6. The number of likely N-dealkylation sites (N-methyl/N-ethyl adjacent to an activating group) is 1. The van der Waals surface area contributed by atoms with Crippen LogP contribution in [0.15, 0.2) is 11.0 Å². The maximum atomic E-state index is 12.3. The molecule has 0 aromatic carbocycles. The van der Waals surface area contributed by atoms with Gasteiger partial charge in [0.05, 0.1) is 6.10 Å². The summed E-state index contributed by atoms with van der Waals surface area (Å²) >= 11 is 0. The summed E-state index contributed by atoms with van der Waals surface area (Å²) in [7, 11) is 4.63. The second-order valence-electron chi connectivity index (χ2n) is 5.86. The van der Waals surface area contributed by atoms with Gasteiger partial charge in [-0.25, -0.2) is 4.79 Å². The van der Waals surface area contributed by atoms with Crippen LogP contribution in [0, 0.1) is 6.92 Å². The first kappa shape index (κ1) is 18.4. The topological polar surface area (TPSA) is 109 Å². The smallest absolute Gasteiger partial charge is 0.351 e. The first-order chi connectivity index (χ1) is 11.3. The van der Waals surface area contributed by atoms with Crippen molar-refractivity contribution in [1.82, 2.24) is 14.5 Å². The van der Waals surface area contributed by atoms with Gasteiger partial charge in [-0.15, -0.1) is 0 Å². The zero-order valence-corrected chi connectivity index (χ0v) is 14.6. The molecule has 0 bridgehead atoms. The van der Waals surface area contributed by atoms with Crippen molar-refractivity contribution in [3.63, 3.8) is 0 Å². The lowest BCUT2D eigenvalue weighted by atomic mass is 10.1. The van der Waals surface area contributed by atoms with E-state index in [1.165, 1.54) is 16.6 Å². The molecule has 0 aliphatic carbocycles. The molecule has 1 aromatic heterocycles. The molecule has 4 unspecified atom stereocenters. The number of nitrogen functional groups attached to an aromatic ring is 1. The van der Waals surface area contributed by atoms with Crippen LogP contribution in [0.3, 0.4) is 0 Å². The number of anilines is 1. The molecule has 1 aliphatic heterocycles. The Morgan fingerprint density at radius 1 is 1.50 bits per heavy atom. The number of nitrogens with two attached hydrogens (primary N) is 1. The van der Waals surface area contributed by atoms with E-state index in [-0.39, 0.29) is 24.4 Å². The number of hydrogen-bond acceptors (Lipinski definition) is 7. The molecule has 1 aromatic rings. The predicted octanol–water partition coefficient (Wildman–Crippen LogP) is -0.460. The van der Waals surface area contributed by atoms with E-state index in [2.05, 4.69) is 4.98 Å². The average Bonchev–Trinajstić information content (AvgIpc) is 2.86. The fourth-order valence-corrected chi connectivity index (χ4v) is 2.94. The standard InChI is InChI=1S/C15H24N4O5/c1-8-6-19(15(21)17-13(8)16)14-11(12(23-5)9(2)24-14)18(3)10(20)7-22-4/h6,9,11-12,14H,7H2,1-5H3,(H2,16,17,21). The molecule has 134 valence electrons. The average molecular weight is 340 g/mol. The number of carbonyl (C=O) groups is 1. The quantitative estimate of drug-likeness (QED) is 0.772. The van der Waals surface area contributed by atoms with Gasteiger partial charge in [0, 0.05) is 33.0 Å². The van der Waals surface area contributed by atoms with E-state index in [0.29, 0.717) is 5.56 Å². The van der Waals surface area contributed by atoms with Crippen LogP contribution in [0.4, 0.5) is 5.82 Å². The number of nitrogens with zero attached hydrogens (tertiary/aromatic N) is 3. The van der Waals surface area contributed by atoms with Gasteiger partial charge in [-0.3, -0.25) is 9.36 Å². The zero-order chi connectivity index (χ0) is 18.0. The maximum Gasteiger partial charge on any atom is 0.351 e. The second kappa shape index (κ2) is 7.29. The Hall–Kier alpha value is -1.97. The predicted molar refractivity (Wildman–Crippen MR) is 86.5 cm³/mol. The minimum absolute atomic E-state index is 0.0710. The summed E-state index contributed by atoms with van der Waals surface area (Å²) < 4.78 is 17.7. The van der Waals surface area contributed by atoms with E-state index in [9.17, 15) is 9.59 Å². The van der Waals surface area contributed by atoms with Crippen LogP contribution in [-0.4, -0.2) is 66.5 Å². The molecule has 1 saturated heterocycles. The molecule has 4 atom stereocenters.